The van der Waals surface area contributed by atoms with Crippen LogP contribution in [0, 0.1) is 0 Å². The fraction of sp³-hybridized carbons (Fsp3) is 0.176. The summed E-state index contributed by atoms with van der Waals surface area (Å²) in [5.41, 5.74) is 5.03. The van der Waals surface area contributed by atoms with Crippen molar-refractivity contribution in [3.8, 4) is 11.1 Å². The fourth-order valence-electron chi connectivity index (χ4n) is 4.98. The van der Waals surface area contributed by atoms with Crippen molar-refractivity contribution in [3.05, 3.63) is 114 Å². The lowest BCUT2D eigenvalue weighted by Crippen LogP contribution is -2.47. The first kappa shape index (κ1) is 28.8. The quantitative estimate of drug-likeness (QED) is 0.159. The van der Waals surface area contributed by atoms with Crippen molar-refractivity contribution in [1.82, 2.24) is 14.8 Å². The number of nitrogens with one attached hydrogen (secondary N) is 1. The molecule has 7 nitrogen and oxygen atoms in total. The molecule has 1 aliphatic heterocycles. The summed E-state index contributed by atoms with van der Waals surface area (Å²) < 4.78 is 1.69. The number of thioether (sulfide) groups is 1. The number of aromatic nitrogens is 1. The van der Waals surface area contributed by atoms with Crippen LogP contribution in [0.1, 0.15) is 31.1 Å². The number of fused-ring (bicyclic) bond motifs is 1. The van der Waals surface area contributed by atoms with Crippen LogP contribution < -0.4 is 5.32 Å². The Labute approximate surface area is 258 Å². The molecule has 2 amide bonds. The molecule has 4 aromatic carbocycles. The van der Waals surface area contributed by atoms with Crippen LogP contribution in [0.25, 0.3) is 21.3 Å². The van der Waals surface area contributed by atoms with Gasteiger partial charge >= 0.3 is 0 Å². The first-order chi connectivity index (χ1) is 20.9. The number of rotatable bonds is 8. The van der Waals surface area contributed by atoms with Gasteiger partial charge < -0.3 is 15.1 Å². The van der Waals surface area contributed by atoms with Crippen LogP contribution in [-0.2, 0) is 0 Å². The van der Waals surface area contributed by atoms with Crippen LogP contribution in [0.2, 0.25) is 0 Å². The molecule has 0 aliphatic carbocycles. The maximum atomic E-state index is 13.3. The van der Waals surface area contributed by atoms with Crippen molar-refractivity contribution in [2.24, 2.45) is 0 Å². The monoisotopic (exact) mass is 606 g/mol. The molecule has 6 rings (SSSR count). The van der Waals surface area contributed by atoms with Gasteiger partial charge in [-0.05, 0) is 48.5 Å². The molecule has 5 aromatic rings. The Morgan fingerprint density at radius 1 is 0.814 bits per heavy atom. The molecular weight excluding hydrogens is 577 g/mol. The molecule has 0 bridgehead atoms. The number of likely N-dealkylation sites (N-methyl/N-ethyl adjacent to an activating group) is 1. The number of hydrogen-bond donors (Lipinski definition) is 1. The number of piperazine rings is 1. The van der Waals surface area contributed by atoms with Gasteiger partial charge in [0.05, 0.1) is 27.1 Å². The molecular formula is C34H30N4O3S2. The minimum Gasteiger partial charge on any atom is -0.336 e. The van der Waals surface area contributed by atoms with E-state index < -0.39 is 0 Å². The highest BCUT2D eigenvalue weighted by molar-refractivity contribution is 8.01. The van der Waals surface area contributed by atoms with E-state index in [1.807, 2.05) is 73.8 Å². The molecule has 1 N–H and O–H groups in total. The Hall–Kier alpha value is -4.31. The Morgan fingerprint density at radius 3 is 2.23 bits per heavy atom. The Bertz CT molecular complexity index is 1780. The highest BCUT2D eigenvalue weighted by atomic mass is 32.2. The van der Waals surface area contributed by atoms with Crippen molar-refractivity contribution >= 4 is 56.6 Å². The molecule has 1 fully saturated rings. The number of Topliss-reactive ketones (excluding diaryl/α,β-unsaturated/α-hetero) is 1. The molecule has 0 unspecified atom stereocenters. The number of amides is 2. The standard InChI is InChI=1S/C34H30N4O3S2/c1-37-17-19-38(20-18-37)33(41)28-10-6-5-9-27(28)32(40)35-26-15-16-29-31(21-26)43-34(36-29)42-22-30(39)25-13-11-24(12-14-25)23-7-3-2-4-8-23/h2-16,21H,17-20,22H2,1H3,(H,35,40). The molecule has 43 heavy (non-hydrogen) atoms. The number of ketones is 1. The lowest BCUT2D eigenvalue weighted by atomic mass is 10.0. The summed E-state index contributed by atoms with van der Waals surface area (Å²) in [6.45, 7) is 2.90. The van der Waals surface area contributed by atoms with Gasteiger partial charge in [-0.25, -0.2) is 4.98 Å². The second-order valence-corrected chi connectivity index (χ2v) is 12.7. The number of anilines is 1. The minimum absolute atomic E-state index is 0.0432. The van der Waals surface area contributed by atoms with Crippen LogP contribution in [0.4, 0.5) is 5.69 Å². The summed E-state index contributed by atoms with van der Waals surface area (Å²) >= 11 is 2.89. The molecule has 2 heterocycles. The van der Waals surface area contributed by atoms with E-state index in [0.29, 0.717) is 35.5 Å². The molecule has 0 saturated carbocycles. The molecule has 1 aromatic heterocycles. The Kier molecular flexibility index (Phi) is 8.64. The molecule has 1 saturated heterocycles. The van der Waals surface area contributed by atoms with E-state index in [4.69, 9.17) is 0 Å². The predicted octanol–water partition coefficient (Wildman–Crippen LogP) is 6.58. The van der Waals surface area contributed by atoms with E-state index in [-0.39, 0.29) is 23.4 Å². The van der Waals surface area contributed by atoms with Gasteiger partial charge in [-0.3, -0.25) is 14.4 Å². The van der Waals surface area contributed by atoms with Crippen LogP contribution >= 0.6 is 23.1 Å². The van der Waals surface area contributed by atoms with Gasteiger partial charge in [0.25, 0.3) is 11.8 Å². The van der Waals surface area contributed by atoms with Crippen molar-refractivity contribution in [2.45, 2.75) is 4.34 Å². The van der Waals surface area contributed by atoms with Gasteiger partial charge in [-0.15, -0.1) is 11.3 Å². The number of benzene rings is 4. The Morgan fingerprint density at radius 2 is 1.49 bits per heavy atom. The molecule has 0 radical (unpaired) electrons. The second kappa shape index (κ2) is 12.9. The zero-order valence-electron chi connectivity index (χ0n) is 23.7. The number of carbonyl (C=O) groups is 3. The van der Waals surface area contributed by atoms with Crippen molar-refractivity contribution in [3.63, 3.8) is 0 Å². The smallest absolute Gasteiger partial charge is 0.256 e. The van der Waals surface area contributed by atoms with Crippen LogP contribution in [-0.4, -0.2) is 71.4 Å². The first-order valence-electron chi connectivity index (χ1n) is 14.0. The van der Waals surface area contributed by atoms with Gasteiger partial charge in [0.15, 0.2) is 10.1 Å². The third kappa shape index (κ3) is 6.69. The number of hydrogen-bond acceptors (Lipinski definition) is 7. The van der Waals surface area contributed by atoms with E-state index in [1.165, 1.54) is 23.1 Å². The average molecular weight is 607 g/mol. The van der Waals surface area contributed by atoms with Crippen molar-refractivity contribution in [1.29, 1.82) is 0 Å². The maximum Gasteiger partial charge on any atom is 0.256 e. The van der Waals surface area contributed by atoms with Gasteiger partial charge in [0, 0.05) is 37.4 Å². The fourth-order valence-corrected chi connectivity index (χ4v) is 6.98. The molecule has 216 valence electrons. The number of thiazole rings is 1. The van der Waals surface area contributed by atoms with Gasteiger partial charge in [0.2, 0.25) is 0 Å². The number of nitrogens with zero attached hydrogens (tertiary/aromatic N) is 3. The third-order valence-corrected chi connectivity index (χ3v) is 9.62. The zero-order chi connectivity index (χ0) is 29.8. The van der Waals surface area contributed by atoms with Crippen LogP contribution in [0.15, 0.2) is 101 Å². The van der Waals surface area contributed by atoms with Crippen molar-refractivity contribution in [2.75, 3.05) is 44.3 Å². The summed E-state index contributed by atoms with van der Waals surface area (Å²) in [6.07, 6.45) is 0. The highest BCUT2D eigenvalue weighted by Crippen LogP contribution is 2.32. The molecule has 0 atom stereocenters. The lowest BCUT2D eigenvalue weighted by Gasteiger charge is -2.32. The summed E-state index contributed by atoms with van der Waals surface area (Å²) in [4.78, 5) is 48.0. The summed E-state index contributed by atoms with van der Waals surface area (Å²) in [5, 5.41) is 2.95. The van der Waals surface area contributed by atoms with Crippen LogP contribution in [0.5, 0.6) is 0 Å². The summed E-state index contributed by atoms with van der Waals surface area (Å²) in [7, 11) is 2.04. The van der Waals surface area contributed by atoms with Gasteiger partial charge in [-0.2, -0.15) is 0 Å². The van der Waals surface area contributed by atoms with E-state index >= 15 is 0 Å². The summed E-state index contributed by atoms with van der Waals surface area (Å²) in [5.74, 6) is -0.131. The SMILES string of the molecule is CN1CCN(C(=O)c2ccccc2C(=O)Nc2ccc3nc(SCC(=O)c4ccc(-c5ccccc5)cc4)sc3c2)CC1. The normalized spacial score (nSPS) is 13.7. The minimum atomic E-state index is -0.333. The zero-order valence-corrected chi connectivity index (χ0v) is 25.3. The molecule has 1 aliphatic rings. The van der Waals surface area contributed by atoms with E-state index in [9.17, 15) is 14.4 Å². The molecule has 0 spiro atoms. The largest absolute Gasteiger partial charge is 0.336 e. The van der Waals surface area contributed by atoms with Gasteiger partial charge in [-0.1, -0.05) is 78.5 Å². The topological polar surface area (TPSA) is 82.6 Å². The third-order valence-electron chi connectivity index (χ3n) is 7.46. The second-order valence-electron chi connectivity index (χ2n) is 10.4. The highest BCUT2D eigenvalue weighted by Gasteiger charge is 2.24. The van der Waals surface area contributed by atoms with Crippen molar-refractivity contribution < 1.29 is 14.4 Å². The van der Waals surface area contributed by atoms with E-state index in [0.717, 1.165) is 38.8 Å². The summed E-state index contributed by atoms with van der Waals surface area (Å²) in [6, 6.07) is 30.3. The predicted molar refractivity (Wildman–Crippen MR) is 174 cm³/mol. The van der Waals surface area contributed by atoms with E-state index in [2.05, 4.69) is 15.2 Å². The lowest BCUT2D eigenvalue weighted by molar-refractivity contribution is 0.0660. The van der Waals surface area contributed by atoms with E-state index in [1.54, 1.807) is 35.2 Å². The first-order valence-corrected chi connectivity index (χ1v) is 15.8. The maximum absolute atomic E-state index is 13.3. The Balaban J connectivity index is 1.10. The molecule has 9 heteroatoms. The average Bonchev–Trinajstić information content (AvgIpc) is 3.46. The van der Waals surface area contributed by atoms with Gasteiger partial charge in [0.1, 0.15) is 0 Å². The number of carbonyl (C=O) groups excluding carboxylic acids is 3. The van der Waals surface area contributed by atoms with Crippen LogP contribution in [0.3, 0.4) is 0 Å².